The molecule has 0 aromatic heterocycles. The molecule has 1 aromatic carbocycles. The van der Waals surface area contributed by atoms with Gasteiger partial charge in [-0.05, 0) is 0 Å². The van der Waals surface area contributed by atoms with E-state index in [1.54, 1.807) is 0 Å². The Morgan fingerprint density at radius 2 is 2.25 bits per heavy atom. The van der Waals surface area contributed by atoms with Crippen LogP contribution < -0.4 is 0 Å². The number of ether oxygens (including phenoxy) is 1. The zero-order chi connectivity index (χ0) is 8.27. The van der Waals surface area contributed by atoms with Crippen molar-refractivity contribution in [3.63, 3.8) is 0 Å². The van der Waals surface area contributed by atoms with Gasteiger partial charge in [-0.3, -0.25) is 0 Å². The van der Waals surface area contributed by atoms with E-state index in [-0.39, 0.29) is 22.6 Å². The van der Waals surface area contributed by atoms with Crippen molar-refractivity contribution in [1.29, 1.82) is 0 Å². The Kier molecular flexibility index (Phi) is 4.55. The van der Waals surface area contributed by atoms with E-state index in [2.05, 4.69) is 10.8 Å². The molecule has 0 saturated carbocycles. The fourth-order valence-electron chi connectivity index (χ4n) is 0.670. The Morgan fingerprint density at radius 1 is 1.58 bits per heavy atom. The predicted molar refractivity (Wildman–Crippen MR) is 36.6 cm³/mol. The van der Waals surface area contributed by atoms with Crippen LogP contribution in [0.5, 0.6) is 0 Å². The Bertz CT molecular complexity index is 276. The van der Waals surface area contributed by atoms with Gasteiger partial charge in [-0.15, -0.1) is 18.2 Å². The monoisotopic (exact) mass is 208 g/mol. The van der Waals surface area contributed by atoms with Crippen LogP contribution in [-0.2, 0) is 21.8 Å². The van der Waals surface area contributed by atoms with Crippen LogP contribution in [0.15, 0.2) is 18.2 Å². The van der Waals surface area contributed by atoms with Gasteiger partial charge in [0.25, 0.3) is 0 Å². The van der Waals surface area contributed by atoms with Gasteiger partial charge in [0.1, 0.15) is 0 Å². The number of halogens is 1. The van der Waals surface area contributed by atoms with Crippen molar-refractivity contribution in [1.82, 2.24) is 0 Å². The summed E-state index contributed by atoms with van der Waals surface area (Å²) in [5, 5.41) is 0. The van der Waals surface area contributed by atoms with E-state index in [1.807, 2.05) is 0 Å². The van der Waals surface area contributed by atoms with Gasteiger partial charge in [0, 0.05) is 22.9 Å². The summed E-state index contributed by atoms with van der Waals surface area (Å²) in [6.07, 6.45) is 0. The Hall–Kier alpha value is -0.861. The van der Waals surface area contributed by atoms with Gasteiger partial charge in [0.2, 0.25) is 5.97 Å². The second-order valence-corrected chi connectivity index (χ2v) is 1.90. The minimum Gasteiger partial charge on any atom is -0.509 e. The maximum Gasteiger partial charge on any atom is 0.249 e. The smallest absolute Gasteiger partial charge is 0.249 e. The predicted octanol–water partition coefficient (Wildman–Crippen LogP) is 1.41. The Morgan fingerprint density at radius 3 is 2.75 bits per heavy atom. The van der Waals surface area contributed by atoms with Crippen LogP contribution in [0.25, 0.3) is 0 Å². The molecule has 0 fully saturated rings. The summed E-state index contributed by atoms with van der Waals surface area (Å²) in [5.74, 6) is -1.14. The third kappa shape index (κ3) is 2.64. The van der Waals surface area contributed by atoms with Gasteiger partial charge in [-0.2, -0.15) is 0 Å². The number of esters is 1. The molecule has 0 N–H and O–H groups in total. The van der Waals surface area contributed by atoms with Crippen molar-refractivity contribution in [3.8, 4) is 0 Å². The average molecular weight is 208 g/mol. The molecule has 1 rings (SSSR count). The number of carbonyl (C=O) groups is 1. The summed E-state index contributed by atoms with van der Waals surface area (Å²) in [6.45, 7) is 0. The van der Waals surface area contributed by atoms with E-state index >= 15 is 0 Å². The first kappa shape index (κ1) is 11.1. The Labute approximate surface area is 80.2 Å². The molecule has 0 atom stereocenters. The van der Waals surface area contributed by atoms with Crippen molar-refractivity contribution in [3.05, 3.63) is 35.6 Å². The van der Waals surface area contributed by atoms with Gasteiger partial charge in [0.15, 0.2) is 0 Å². The van der Waals surface area contributed by atoms with Gasteiger partial charge < -0.3 is 9.53 Å². The zero-order valence-electron chi connectivity index (χ0n) is 6.30. The van der Waals surface area contributed by atoms with Crippen LogP contribution >= 0.6 is 0 Å². The van der Waals surface area contributed by atoms with E-state index in [0.717, 1.165) is 0 Å². The van der Waals surface area contributed by atoms with E-state index in [0.29, 0.717) is 0 Å². The van der Waals surface area contributed by atoms with Crippen molar-refractivity contribution >= 4 is 5.97 Å². The van der Waals surface area contributed by atoms with Crippen molar-refractivity contribution in [2.24, 2.45) is 0 Å². The number of rotatable bonds is 1. The van der Waals surface area contributed by atoms with Gasteiger partial charge in [-0.1, -0.05) is 11.6 Å². The molecule has 0 aliphatic carbocycles. The van der Waals surface area contributed by atoms with E-state index in [4.69, 9.17) is 0 Å². The molecule has 12 heavy (non-hydrogen) atoms. The van der Waals surface area contributed by atoms with E-state index < -0.39 is 11.8 Å². The minimum absolute atomic E-state index is 0. The summed E-state index contributed by atoms with van der Waals surface area (Å²) in [4.78, 5) is 10.7. The van der Waals surface area contributed by atoms with Crippen LogP contribution in [0.4, 0.5) is 4.39 Å². The van der Waals surface area contributed by atoms with Crippen LogP contribution in [0.1, 0.15) is 10.4 Å². The number of hydrogen-bond acceptors (Lipinski definition) is 2. The molecule has 0 bridgehead atoms. The molecule has 4 heteroatoms. The second-order valence-electron chi connectivity index (χ2n) is 1.90. The molecule has 0 heterocycles. The largest absolute Gasteiger partial charge is 0.509 e. The molecular weight excluding hydrogens is 202 g/mol. The molecule has 65 valence electrons. The molecule has 1 radical (unpaired) electrons. The van der Waals surface area contributed by atoms with Gasteiger partial charge in [-0.25, -0.2) is 4.39 Å². The number of methoxy groups -OCH3 is 1. The molecule has 0 unspecified atom stereocenters. The molecule has 0 aliphatic rings. The van der Waals surface area contributed by atoms with Crippen molar-refractivity contribution in [2.75, 3.05) is 7.11 Å². The first-order chi connectivity index (χ1) is 5.24. The molecule has 1 aromatic rings. The summed E-state index contributed by atoms with van der Waals surface area (Å²) < 4.78 is 16.8. The van der Waals surface area contributed by atoms with Crippen LogP contribution in [0, 0.1) is 11.9 Å². The van der Waals surface area contributed by atoms with E-state index in [1.165, 1.54) is 25.3 Å². The van der Waals surface area contributed by atoms with Crippen molar-refractivity contribution < 1.29 is 31.0 Å². The maximum absolute atomic E-state index is 12.4. The first-order valence-corrected chi connectivity index (χ1v) is 3.00. The van der Waals surface area contributed by atoms with Crippen LogP contribution in [0.2, 0.25) is 0 Å². The number of hydrogen-bond donors (Lipinski definition) is 0. The molecule has 2 nitrogen and oxygen atoms in total. The van der Waals surface area contributed by atoms with Crippen LogP contribution in [0.3, 0.4) is 0 Å². The first-order valence-electron chi connectivity index (χ1n) is 3.00. The number of benzene rings is 1. The Balaban J connectivity index is 0.00000121. The topological polar surface area (TPSA) is 26.3 Å². The van der Waals surface area contributed by atoms with Gasteiger partial charge >= 0.3 is 0 Å². The molecule has 0 aliphatic heterocycles. The third-order valence-electron chi connectivity index (χ3n) is 1.16. The molecule has 0 saturated heterocycles. The third-order valence-corrected chi connectivity index (χ3v) is 1.16. The fourth-order valence-corrected chi connectivity index (χ4v) is 0.670. The van der Waals surface area contributed by atoms with Gasteiger partial charge in [0.05, 0.1) is 7.11 Å². The summed E-state index contributed by atoms with van der Waals surface area (Å²) >= 11 is 0. The summed E-state index contributed by atoms with van der Waals surface area (Å²) in [6, 6.07) is 6.30. The second kappa shape index (κ2) is 4.91. The zero-order valence-corrected chi connectivity index (χ0v) is 7.48. The summed E-state index contributed by atoms with van der Waals surface area (Å²) in [5.41, 5.74) is 0.104. The average Bonchev–Trinajstić information content (AvgIpc) is 2.03. The quantitative estimate of drug-likeness (QED) is 0.396. The maximum atomic E-state index is 12.4. The minimum atomic E-state index is -0.579. The number of carbonyl (C=O) groups excluding carboxylic acids is 1. The van der Waals surface area contributed by atoms with Crippen LogP contribution in [-0.4, -0.2) is 13.1 Å². The van der Waals surface area contributed by atoms with E-state index in [9.17, 15) is 9.18 Å². The SMILES string of the molecule is COC(=O)c1[c-]c(F)ccc1.[Mn]. The molecule has 0 spiro atoms. The molecular formula is C8H6FMnO2-. The standard InChI is InChI=1S/C8H6FO2.Mn/c1-11-8(10)6-3-2-4-7(9)5-6;/h2-4H,1H3;/q-1;. The molecule has 0 amide bonds. The van der Waals surface area contributed by atoms with Crippen molar-refractivity contribution in [2.45, 2.75) is 0 Å². The normalized spacial score (nSPS) is 8.50. The summed E-state index contributed by atoms with van der Waals surface area (Å²) in [7, 11) is 1.24. The fraction of sp³-hybridized carbons (Fsp3) is 0.125.